The van der Waals surface area contributed by atoms with Crippen LogP contribution in [0.2, 0.25) is 0 Å². The predicted molar refractivity (Wildman–Crippen MR) is 80.0 cm³/mol. The summed E-state index contributed by atoms with van der Waals surface area (Å²) in [6.45, 7) is 4.46. The molecule has 0 aliphatic heterocycles. The molecule has 3 heteroatoms. The first-order valence-electron chi connectivity index (χ1n) is 6.05. The quantitative estimate of drug-likeness (QED) is 0.749. The molecule has 0 bridgehead atoms. The second-order valence-corrected chi connectivity index (χ2v) is 5.38. The maximum Gasteiger partial charge on any atom is 0.140 e. The van der Waals surface area contributed by atoms with Gasteiger partial charge in [-0.2, -0.15) is 0 Å². The first-order chi connectivity index (χ1) is 8.26. The molecule has 0 unspecified atom stereocenters. The number of halogens is 1. The Balaban J connectivity index is 2.43. The van der Waals surface area contributed by atoms with Gasteiger partial charge in [-0.15, -0.1) is 0 Å². The Hall–Kier alpha value is -0.840. The number of nitrogens with zero attached hydrogens (tertiary/aromatic N) is 2. The van der Waals surface area contributed by atoms with Crippen molar-refractivity contribution in [1.82, 2.24) is 9.55 Å². The van der Waals surface area contributed by atoms with Crippen molar-refractivity contribution in [3.05, 3.63) is 40.2 Å². The fourth-order valence-electron chi connectivity index (χ4n) is 2.14. The molecule has 0 saturated heterocycles. The zero-order chi connectivity index (χ0) is 12.3. The molecular weight excluding hydrogens is 323 g/mol. The summed E-state index contributed by atoms with van der Waals surface area (Å²) in [5.74, 6) is 1.08. The molecule has 2 rings (SSSR count). The van der Waals surface area contributed by atoms with Crippen molar-refractivity contribution in [3.63, 3.8) is 0 Å². The van der Waals surface area contributed by atoms with E-state index in [2.05, 4.69) is 76.5 Å². The molecule has 0 atom stereocenters. The first kappa shape index (κ1) is 12.6. The molecule has 0 spiro atoms. The second kappa shape index (κ2) is 5.67. The Morgan fingerprint density at radius 1 is 1.29 bits per heavy atom. The van der Waals surface area contributed by atoms with Crippen molar-refractivity contribution in [2.45, 2.75) is 32.7 Å². The van der Waals surface area contributed by atoms with Gasteiger partial charge in [0.15, 0.2) is 0 Å². The van der Waals surface area contributed by atoms with Crippen LogP contribution in [0, 0.1) is 3.57 Å². The second-order valence-electron chi connectivity index (χ2n) is 4.14. The molecule has 0 aliphatic carbocycles. The summed E-state index contributed by atoms with van der Waals surface area (Å²) in [7, 11) is 0. The highest BCUT2D eigenvalue weighted by Gasteiger charge is 2.12. The Morgan fingerprint density at radius 3 is 2.71 bits per heavy atom. The van der Waals surface area contributed by atoms with Crippen LogP contribution in [-0.4, -0.2) is 9.55 Å². The lowest BCUT2D eigenvalue weighted by atomic mass is 10.1. The Morgan fingerprint density at radius 2 is 2.06 bits per heavy atom. The van der Waals surface area contributed by atoms with E-state index in [1.807, 2.05) is 6.20 Å². The van der Waals surface area contributed by atoms with Gasteiger partial charge in [-0.3, -0.25) is 0 Å². The Bertz CT molecular complexity index is 486. The van der Waals surface area contributed by atoms with E-state index in [0.717, 1.165) is 18.7 Å². The number of hydrogen-bond acceptors (Lipinski definition) is 1. The van der Waals surface area contributed by atoms with Crippen molar-refractivity contribution in [2.75, 3.05) is 0 Å². The van der Waals surface area contributed by atoms with Gasteiger partial charge in [-0.05, 0) is 47.6 Å². The molecule has 2 aromatic rings. The molecular formula is C14H17IN2. The Labute approximate surface area is 116 Å². The molecule has 0 saturated carbocycles. The number of rotatable bonds is 4. The third-order valence-corrected chi connectivity index (χ3v) is 3.76. The largest absolute Gasteiger partial charge is 0.328 e. The summed E-state index contributed by atoms with van der Waals surface area (Å²) < 4.78 is 3.55. The van der Waals surface area contributed by atoms with Gasteiger partial charge in [-0.1, -0.05) is 26.0 Å². The number of aromatic nitrogens is 2. The van der Waals surface area contributed by atoms with E-state index in [9.17, 15) is 0 Å². The number of benzene rings is 1. The van der Waals surface area contributed by atoms with Crippen LogP contribution in [0.4, 0.5) is 0 Å². The van der Waals surface area contributed by atoms with Crippen molar-refractivity contribution >= 4 is 22.6 Å². The maximum absolute atomic E-state index is 4.50. The minimum atomic E-state index is 0.547. The van der Waals surface area contributed by atoms with E-state index in [1.54, 1.807) is 0 Å². The average molecular weight is 340 g/mol. The summed E-state index contributed by atoms with van der Waals surface area (Å²) >= 11 is 2.34. The van der Waals surface area contributed by atoms with Crippen LogP contribution >= 0.6 is 22.6 Å². The highest BCUT2D eigenvalue weighted by atomic mass is 127. The zero-order valence-electron chi connectivity index (χ0n) is 10.2. The number of hydrogen-bond donors (Lipinski definition) is 0. The fraction of sp³-hybridized carbons (Fsp3) is 0.357. The van der Waals surface area contributed by atoms with E-state index in [4.69, 9.17) is 0 Å². The van der Waals surface area contributed by atoms with Crippen LogP contribution < -0.4 is 0 Å². The van der Waals surface area contributed by atoms with Crippen LogP contribution in [0.25, 0.3) is 11.4 Å². The van der Waals surface area contributed by atoms with E-state index in [-0.39, 0.29) is 0 Å². The molecule has 17 heavy (non-hydrogen) atoms. The van der Waals surface area contributed by atoms with E-state index >= 15 is 0 Å². The molecule has 2 nitrogen and oxygen atoms in total. The van der Waals surface area contributed by atoms with Crippen molar-refractivity contribution in [1.29, 1.82) is 0 Å². The van der Waals surface area contributed by atoms with Gasteiger partial charge < -0.3 is 4.57 Å². The van der Waals surface area contributed by atoms with Crippen LogP contribution in [0.15, 0.2) is 36.7 Å². The maximum atomic E-state index is 4.50. The van der Waals surface area contributed by atoms with Gasteiger partial charge in [0.2, 0.25) is 0 Å². The summed E-state index contributed by atoms with van der Waals surface area (Å²) in [6, 6.07) is 9.05. The van der Waals surface area contributed by atoms with Crippen molar-refractivity contribution in [2.24, 2.45) is 0 Å². The molecule has 1 aromatic heterocycles. The van der Waals surface area contributed by atoms with Crippen LogP contribution in [0.5, 0.6) is 0 Å². The molecule has 0 radical (unpaired) electrons. The molecule has 1 aromatic carbocycles. The third kappa shape index (κ3) is 2.70. The monoisotopic (exact) mass is 340 g/mol. The smallest absolute Gasteiger partial charge is 0.140 e. The van der Waals surface area contributed by atoms with Gasteiger partial charge in [-0.25, -0.2) is 4.98 Å². The third-order valence-electron chi connectivity index (χ3n) is 3.09. The van der Waals surface area contributed by atoms with Crippen molar-refractivity contribution < 1.29 is 0 Å². The lowest BCUT2D eigenvalue weighted by molar-refractivity contribution is 0.476. The van der Waals surface area contributed by atoms with Crippen LogP contribution in [-0.2, 0) is 0 Å². The normalized spacial score (nSPS) is 11.1. The van der Waals surface area contributed by atoms with Gasteiger partial charge in [0.05, 0.1) is 0 Å². The highest BCUT2D eigenvalue weighted by Crippen LogP contribution is 2.25. The van der Waals surface area contributed by atoms with E-state index in [0.29, 0.717) is 6.04 Å². The SMILES string of the molecule is CCC(CC)n1ccnc1-c1cccc(I)c1. The topological polar surface area (TPSA) is 17.8 Å². The molecule has 0 N–H and O–H groups in total. The van der Waals surface area contributed by atoms with E-state index in [1.165, 1.54) is 9.13 Å². The summed E-state index contributed by atoms with van der Waals surface area (Å²) in [4.78, 5) is 4.50. The lowest BCUT2D eigenvalue weighted by Crippen LogP contribution is -2.07. The van der Waals surface area contributed by atoms with Gasteiger partial charge in [0.25, 0.3) is 0 Å². The summed E-state index contributed by atoms with van der Waals surface area (Å²) in [6.07, 6.45) is 6.27. The molecule has 1 heterocycles. The highest BCUT2D eigenvalue weighted by molar-refractivity contribution is 14.1. The van der Waals surface area contributed by atoms with Gasteiger partial charge >= 0.3 is 0 Å². The minimum Gasteiger partial charge on any atom is -0.328 e. The molecule has 0 aliphatic rings. The van der Waals surface area contributed by atoms with E-state index < -0.39 is 0 Å². The standard InChI is InChI=1S/C14H17IN2/c1-3-13(4-2)17-9-8-16-14(17)11-6-5-7-12(15)10-11/h5-10,13H,3-4H2,1-2H3. The Kier molecular flexibility index (Phi) is 4.20. The minimum absolute atomic E-state index is 0.547. The lowest BCUT2D eigenvalue weighted by Gasteiger charge is -2.17. The zero-order valence-corrected chi connectivity index (χ0v) is 12.4. The van der Waals surface area contributed by atoms with Crippen LogP contribution in [0.1, 0.15) is 32.7 Å². The molecule has 0 fully saturated rings. The first-order valence-corrected chi connectivity index (χ1v) is 7.12. The predicted octanol–water partition coefficient (Wildman–Crippen LogP) is 4.52. The van der Waals surface area contributed by atoms with Crippen LogP contribution in [0.3, 0.4) is 0 Å². The van der Waals surface area contributed by atoms with Gasteiger partial charge in [0.1, 0.15) is 5.82 Å². The number of imidazole rings is 1. The summed E-state index contributed by atoms with van der Waals surface area (Å²) in [5.41, 5.74) is 1.20. The summed E-state index contributed by atoms with van der Waals surface area (Å²) in [5, 5.41) is 0. The molecule has 0 amide bonds. The van der Waals surface area contributed by atoms with Crippen molar-refractivity contribution in [3.8, 4) is 11.4 Å². The average Bonchev–Trinajstić information content (AvgIpc) is 2.80. The fourth-order valence-corrected chi connectivity index (χ4v) is 2.68. The van der Waals surface area contributed by atoms with Gasteiger partial charge in [0, 0.05) is 27.6 Å². The molecule has 90 valence electrons.